The summed E-state index contributed by atoms with van der Waals surface area (Å²) in [6, 6.07) is 5.34. The maximum atomic E-state index is 12.6. The quantitative estimate of drug-likeness (QED) is 0.651. The highest BCUT2D eigenvalue weighted by Crippen LogP contribution is 2.38. The number of primary sulfonamides is 1. The number of rotatable bonds is 4. The van der Waals surface area contributed by atoms with Crippen molar-refractivity contribution in [3.63, 3.8) is 0 Å². The summed E-state index contributed by atoms with van der Waals surface area (Å²) in [5, 5.41) is 21.5. The summed E-state index contributed by atoms with van der Waals surface area (Å²) >= 11 is 0. The molecule has 1 aliphatic carbocycles. The number of aliphatic hydroxyl groups excluding tert-OH is 1. The number of aryl methyl sites for hydroxylation is 1. The molecule has 1 fully saturated rings. The molecule has 0 bridgehead atoms. The molecular weight excluding hydrogens is 416 g/mol. The average Bonchev–Trinajstić information content (AvgIpc) is 3.24. The fourth-order valence-corrected chi connectivity index (χ4v) is 5.08. The van der Waals surface area contributed by atoms with E-state index in [1.54, 1.807) is 58.7 Å². The third-order valence-electron chi connectivity index (χ3n) is 6.02. The van der Waals surface area contributed by atoms with E-state index in [1.807, 2.05) is 13.0 Å². The van der Waals surface area contributed by atoms with Crippen LogP contribution in [-0.2, 0) is 10.0 Å². The lowest BCUT2D eigenvalue weighted by molar-refractivity contribution is 0.122. The topological polar surface area (TPSA) is 131 Å². The fourth-order valence-electron chi connectivity index (χ4n) is 4.32. The lowest BCUT2D eigenvalue weighted by Gasteiger charge is -2.33. The lowest BCUT2D eigenvalue weighted by atomic mass is 9.80. The zero-order valence-electron chi connectivity index (χ0n) is 17.6. The predicted octanol–water partition coefficient (Wildman–Crippen LogP) is 1.50. The molecule has 1 aromatic carbocycles. The summed E-state index contributed by atoms with van der Waals surface area (Å²) < 4.78 is 25.3. The highest BCUT2D eigenvalue weighted by atomic mass is 32.2. The van der Waals surface area contributed by atoms with E-state index >= 15 is 0 Å². The van der Waals surface area contributed by atoms with Crippen molar-refractivity contribution >= 4 is 15.7 Å². The van der Waals surface area contributed by atoms with E-state index in [0.717, 1.165) is 24.0 Å². The van der Waals surface area contributed by atoms with Crippen LogP contribution in [0, 0.1) is 6.92 Å². The van der Waals surface area contributed by atoms with Gasteiger partial charge in [-0.3, -0.25) is 0 Å². The number of hydrogen-bond donors (Lipinski definition) is 3. The highest BCUT2D eigenvalue weighted by molar-refractivity contribution is 7.89. The minimum Gasteiger partial charge on any atom is -0.393 e. The van der Waals surface area contributed by atoms with Gasteiger partial charge >= 0.3 is 0 Å². The summed E-state index contributed by atoms with van der Waals surface area (Å²) in [7, 11) is -2.22. The van der Waals surface area contributed by atoms with Crippen molar-refractivity contribution < 1.29 is 13.5 Å². The van der Waals surface area contributed by atoms with Crippen LogP contribution in [0.1, 0.15) is 48.3 Å². The van der Waals surface area contributed by atoms with Crippen LogP contribution in [0.2, 0.25) is 0 Å². The Hall–Kier alpha value is -2.82. The van der Waals surface area contributed by atoms with Crippen LogP contribution in [0.15, 0.2) is 53.7 Å². The van der Waals surface area contributed by atoms with Gasteiger partial charge in [-0.1, -0.05) is 0 Å². The van der Waals surface area contributed by atoms with Crippen molar-refractivity contribution in [1.29, 1.82) is 0 Å². The molecule has 0 atom stereocenters. The number of benzene rings is 1. The van der Waals surface area contributed by atoms with Gasteiger partial charge in [-0.05, 0) is 67.9 Å². The van der Waals surface area contributed by atoms with E-state index in [0.29, 0.717) is 29.9 Å². The molecule has 0 radical (unpaired) electrons. The van der Waals surface area contributed by atoms with Crippen LogP contribution in [0.3, 0.4) is 0 Å². The van der Waals surface area contributed by atoms with Crippen molar-refractivity contribution in [3.8, 4) is 0 Å². The number of aliphatic hydroxyl groups is 1. The van der Waals surface area contributed by atoms with Crippen LogP contribution in [-0.4, -0.2) is 41.5 Å². The molecule has 2 aliphatic rings. The van der Waals surface area contributed by atoms with E-state index in [2.05, 4.69) is 5.10 Å². The number of hydrogen-bond acceptors (Lipinski definition) is 7. The first-order valence-electron chi connectivity index (χ1n) is 10.2. The predicted molar refractivity (Wildman–Crippen MR) is 118 cm³/mol. The second-order valence-corrected chi connectivity index (χ2v) is 9.74. The van der Waals surface area contributed by atoms with Gasteiger partial charge in [0, 0.05) is 25.0 Å². The minimum atomic E-state index is -4.01. The molecule has 166 valence electrons. The third kappa shape index (κ3) is 4.18. The third-order valence-corrected chi connectivity index (χ3v) is 6.97. The van der Waals surface area contributed by atoms with Gasteiger partial charge in [0.1, 0.15) is 5.82 Å². The van der Waals surface area contributed by atoms with Gasteiger partial charge in [-0.2, -0.15) is 9.89 Å². The standard InChI is InChI=1S/C21H28N6O3S/c1-14-10-18(19-12-25(2)21(22)13-26(19)27-9-3-8-24-27)20(31(23,29)30)11-17(14)15-4-6-16(28)7-5-15/h3,8-13,15-16,28H,4-7,22H2,1-2H3,(H2,23,29,30). The van der Waals surface area contributed by atoms with E-state index in [1.165, 1.54) is 0 Å². The fraction of sp³-hybridized carbons (Fsp3) is 0.381. The van der Waals surface area contributed by atoms with Crippen LogP contribution >= 0.6 is 0 Å². The number of nitrogens with two attached hydrogens (primary N) is 2. The first-order valence-corrected chi connectivity index (χ1v) is 11.8. The Morgan fingerprint density at radius 1 is 1.16 bits per heavy atom. The zero-order valence-corrected chi connectivity index (χ0v) is 18.5. The SMILES string of the molecule is Cc1cc(C2=CN(C)C(N)=CN2n2cccn2)c(S(N)(=O)=O)cc1C1CCC(O)CC1. The Bertz CT molecular complexity index is 1130. The Labute approximate surface area is 182 Å². The van der Waals surface area contributed by atoms with E-state index in [9.17, 15) is 13.5 Å². The summed E-state index contributed by atoms with van der Waals surface area (Å²) in [6.07, 6.45) is 9.59. The van der Waals surface area contributed by atoms with Gasteiger partial charge in [0.05, 0.1) is 29.1 Å². The van der Waals surface area contributed by atoms with Crippen molar-refractivity contribution in [2.24, 2.45) is 10.9 Å². The lowest BCUT2D eigenvalue weighted by Crippen LogP contribution is -2.37. The molecule has 1 aliphatic heterocycles. The largest absolute Gasteiger partial charge is 0.393 e. The van der Waals surface area contributed by atoms with Crippen molar-refractivity contribution in [2.75, 3.05) is 12.1 Å². The molecule has 2 aromatic rings. The molecule has 2 heterocycles. The molecule has 4 rings (SSSR count). The second-order valence-electron chi connectivity index (χ2n) is 8.21. The summed E-state index contributed by atoms with van der Waals surface area (Å²) in [5.74, 6) is 0.671. The molecule has 0 amide bonds. The Balaban J connectivity index is 1.85. The number of sulfonamides is 1. The van der Waals surface area contributed by atoms with Crippen molar-refractivity contribution in [3.05, 3.63) is 65.5 Å². The normalized spacial score (nSPS) is 22.3. The molecule has 0 unspecified atom stereocenters. The summed E-state index contributed by atoms with van der Waals surface area (Å²) in [4.78, 5) is 3.35. The minimum absolute atomic E-state index is 0.0601. The second kappa shape index (κ2) is 8.03. The Morgan fingerprint density at radius 2 is 1.87 bits per heavy atom. The van der Waals surface area contributed by atoms with Gasteiger partial charge in [-0.15, -0.1) is 0 Å². The molecule has 1 aromatic heterocycles. The monoisotopic (exact) mass is 444 g/mol. The average molecular weight is 445 g/mol. The highest BCUT2D eigenvalue weighted by Gasteiger charge is 2.29. The van der Waals surface area contributed by atoms with Gasteiger partial charge in [0.25, 0.3) is 0 Å². The molecule has 0 spiro atoms. The summed E-state index contributed by atoms with van der Waals surface area (Å²) in [6.45, 7) is 1.98. The summed E-state index contributed by atoms with van der Waals surface area (Å²) in [5.41, 5.74) is 9.10. The molecule has 10 heteroatoms. The molecule has 9 nitrogen and oxygen atoms in total. The van der Waals surface area contributed by atoms with Crippen LogP contribution in [0.25, 0.3) is 5.70 Å². The van der Waals surface area contributed by atoms with E-state index in [4.69, 9.17) is 10.9 Å². The van der Waals surface area contributed by atoms with Gasteiger partial charge < -0.3 is 15.7 Å². The van der Waals surface area contributed by atoms with E-state index in [-0.39, 0.29) is 16.9 Å². The molecule has 1 saturated carbocycles. The maximum absolute atomic E-state index is 12.6. The van der Waals surface area contributed by atoms with Crippen LogP contribution < -0.4 is 15.9 Å². The van der Waals surface area contributed by atoms with Crippen LogP contribution in [0.5, 0.6) is 0 Å². The molecule has 5 N–H and O–H groups in total. The Kier molecular flexibility index (Phi) is 5.54. The van der Waals surface area contributed by atoms with Gasteiger partial charge in [0.2, 0.25) is 10.0 Å². The van der Waals surface area contributed by atoms with Crippen molar-refractivity contribution in [2.45, 2.75) is 49.5 Å². The number of nitrogens with zero attached hydrogens (tertiary/aromatic N) is 4. The zero-order chi connectivity index (χ0) is 22.3. The Morgan fingerprint density at radius 3 is 2.48 bits per heavy atom. The number of aromatic nitrogens is 2. The molecular formula is C21H28N6O3S. The maximum Gasteiger partial charge on any atom is 0.238 e. The molecule has 0 saturated heterocycles. The first-order chi connectivity index (χ1) is 14.6. The van der Waals surface area contributed by atoms with E-state index < -0.39 is 10.0 Å². The first kappa shape index (κ1) is 21.4. The van der Waals surface area contributed by atoms with Crippen molar-refractivity contribution in [1.82, 2.24) is 14.8 Å². The smallest absolute Gasteiger partial charge is 0.238 e. The van der Waals surface area contributed by atoms with Gasteiger partial charge in [-0.25, -0.2) is 18.6 Å². The molecule has 31 heavy (non-hydrogen) atoms. The van der Waals surface area contributed by atoms with Crippen LogP contribution in [0.4, 0.5) is 0 Å². The van der Waals surface area contributed by atoms with Gasteiger partial charge in [0.15, 0.2) is 0 Å².